The molecule has 1 heterocycles. The third-order valence-corrected chi connectivity index (χ3v) is 5.63. The number of ether oxygens (including phenoxy) is 1. The quantitative estimate of drug-likeness (QED) is 0.719. The van der Waals surface area contributed by atoms with E-state index in [-0.39, 0.29) is 18.1 Å². The van der Waals surface area contributed by atoms with Crippen LogP contribution in [0.3, 0.4) is 0 Å². The highest BCUT2D eigenvalue weighted by atomic mass is 16.5. The molecule has 1 amide bonds. The average Bonchev–Trinajstić information content (AvgIpc) is 2.92. The summed E-state index contributed by atoms with van der Waals surface area (Å²) in [5.74, 6) is 2.86. The molecule has 4 aliphatic rings. The van der Waals surface area contributed by atoms with Gasteiger partial charge in [0.1, 0.15) is 0 Å². The summed E-state index contributed by atoms with van der Waals surface area (Å²) in [4.78, 5) is 11.0. The van der Waals surface area contributed by atoms with Crippen molar-refractivity contribution in [3.8, 4) is 0 Å². The van der Waals surface area contributed by atoms with Gasteiger partial charge >= 0.3 is 0 Å². The highest BCUT2D eigenvalue weighted by Gasteiger charge is 2.69. The van der Waals surface area contributed by atoms with E-state index in [4.69, 9.17) is 4.74 Å². The van der Waals surface area contributed by atoms with Gasteiger partial charge in [-0.2, -0.15) is 0 Å². The Morgan fingerprint density at radius 3 is 2.94 bits per heavy atom. The standard InChI is InChI=1S/C13H19NO3/c1-5(15)14-4-6-2-9-11-8-3-7(10(6)11)12(16)13(8)17-9/h6-13,16H,2-4H2,1H3,(H,14,15)/t6-,7+,8-,9+,10+,11+,12+,13+/m1/s1. The Labute approximate surface area is 101 Å². The Bertz CT molecular complexity index is 372. The van der Waals surface area contributed by atoms with Gasteiger partial charge in [-0.3, -0.25) is 4.79 Å². The van der Waals surface area contributed by atoms with E-state index < -0.39 is 0 Å². The first-order valence-corrected chi connectivity index (χ1v) is 6.75. The second-order valence-corrected chi connectivity index (χ2v) is 6.28. The second kappa shape index (κ2) is 3.23. The molecule has 1 saturated heterocycles. The van der Waals surface area contributed by atoms with Gasteiger partial charge in [0.05, 0.1) is 18.3 Å². The number of carbonyl (C=O) groups excluding carboxylic acids is 1. The predicted octanol–water partition coefficient (Wildman–Crippen LogP) is 0.153. The molecule has 4 nitrogen and oxygen atoms in total. The minimum Gasteiger partial charge on any atom is -0.390 e. The smallest absolute Gasteiger partial charge is 0.216 e. The molecule has 0 spiro atoms. The molecule has 4 rings (SSSR count). The van der Waals surface area contributed by atoms with E-state index in [0.29, 0.717) is 35.7 Å². The zero-order chi connectivity index (χ0) is 11.7. The van der Waals surface area contributed by atoms with E-state index in [1.165, 1.54) is 0 Å². The molecule has 0 aromatic heterocycles. The van der Waals surface area contributed by atoms with Crippen LogP contribution in [0.5, 0.6) is 0 Å². The summed E-state index contributed by atoms with van der Waals surface area (Å²) in [6.45, 7) is 2.33. The van der Waals surface area contributed by atoms with Crippen LogP contribution in [-0.2, 0) is 9.53 Å². The lowest BCUT2D eigenvalue weighted by Crippen LogP contribution is -2.41. The number of hydrogen-bond donors (Lipinski definition) is 2. The summed E-state index contributed by atoms with van der Waals surface area (Å²) < 4.78 is 6.02. The Hall–Kier alpha value is -0.610. The number of amides is 1. The van der Waals surface area contributed by atoms with Crippen molar-refractivity contribution >= 4 is 5.91 Å². The van der Waals surface area contributed by atoms with Crippen LogP contribution in [-0.4, -0.2) is 35.9 Å². The first kappa shape index (κ1) is 10.3. The van der Waals surface area contributed by atoms with Crippen LogP contribution in [0.25, 0.3) is 0 Å². The van der Waals surface area contributed by atoms with Gasteiger partial charge in [-0.05, 0) is 42.4 Å². The molecule has 1 aliphatic heterocycles. The molecule has 3 saturated carbocycles. The first-order valence-electron chi connectivity index (χ1n) is 6.75. The molecule has 4 heteroatoms. The fourth-order valence-corrected chi connectivity index (χ4v) is 5.24. The summed E-state index contributed by atoms with van der Waals surface area (Å²) in [5.41, 5.74) is 0. The maximum atomic E-state index is 11.0. The lowest BCUT2D eigenvalue weighted by Gasteiger charge is -2.32. The number of fused-ring (bicyclic) bond motifs is 2. The van der Waals surface area contributed by atoms with Crippen molar-refractivity contribution in [1.29, 1.82) is 0 Å². The maximum absolute atomic E-state index is 11.0. The third-order valence-electron chi connectivity index (χ3n) is 5.63. The number of rotatable bonds is 2. The zero-order valence-electron chi connectivity index (χ0n) is 10.0. The molecule has 0 aromatic carbocycles. The van der Waals surface area contributed by atoms with E-state index in [9.17, 15) is 9.90 Å². The summed E-state index contributed by atoms with van der Waals surface area (Å²) in [6, 6.07) is 0. The van der Waals surface area contributed by atoms with Crippen molar-refractivity contribution in [2.75, 3.05) is 6.54 Å². The van der Waals surface area contributed by atoms with Crippen molar-refractivity contribution in [2.24, 2.45) is 29.6 Å². The fraction of sp³-hybridized carbons (Fsp3) is 0.923. The molecular formula is C13H19NO3. The van der Waals surface area contributed by atoms with Gasteiger partial charge in [0, 0.05) is 13.5 Å². The lowest BCUT2D eigenvalue weighted by atomic mass is 9.76. The normalized spacial score (nSPS) is 57.8. The van der Waals surface area contributed by atoms with Crippen molar-refractivity contribution in [3.63, 3.8) is 0 Å². The van der Waals surface area contributed by atoms with Gasteiger partial charge in [0.2, 0.25) is 5.91 Å². The zero-order valence-corrected chi connectivity index (χ0v) is 10.0. The number of carbonyl (C=O) groups is 1. The summed E-state index contributed by atoms with van der Waals surface area (Å²) in [7, 11) is 0. The number of hydrogen-bond acceptors (Lipinski definition) is 3. The predicted molar refractivity (Wildman–Crippen MR) is 60.0 cm³/mol. The van der Waals surface area contributed by atoms with E-state index in [2.05, 4.69) is 5.32 Å². The van der Waals surface area contributed by atoms with Gasteiger partial charge in [-0.1, -0.05) is 0 Å². The molecule has 17 heavy (non-hydrogen) atoms. The molecule has 2 N–H and O–H groups in total. The number of aliphatic hydroxyl groups excluding tert-OH is 1. The van der Waals surface area contributed by atoms with Crippen LogP contribution in [0.2, 0.25) is 0 Å². The van der Waals surface area contributed by atoms with Gasteiger partial charge < -0.3 is 15.2 Å². The SMILES string of the molecule is CC(=O)NC[C@H]1C[C@@H]2O[C@@H]3[C@@H](O)[C@H]4C[C@@H]3[C@@H]2[C@@H]14. The van der Waals surface area contributed by atoms with Crippen molar-refractivity contribution in [1.82, 2.24) is 5.32 Å². The van der Waals surface area contributed by atoms with Crippen LogP contribution in [0.4, 0.5) is 0 Å². The Morgan fingerprint density at radius 2 is 2.18 bits per heavy atom. The maximum Gasteiger partial charge on any atom is 0.216 e. The molecule has 4 fully saturated rings. The minimum absolute atomic E-state index is 0.0459. The highest BCUT2D eigenvalue weighted by molar-refractivity contribution is 5.72. The first-order chi connectivity index (χ1) is 8.16. The Balaban J connectivity index is 1.57. The number of aliphatic hydroxyl groups is 1. The van der Waals surface area contributed by atoms with Gasteiger partial charge in [-0.25, -0.2) is 0 Å². The van der Waals surface area contributed by atoms with Gasteiger partial charge in [0.15, 0.2) is 0 Å². The van der Waals surface area contributed by atoms with E-state index in [1.54, 1.807) is 6.92 Å². The van der Waals surface area contributed by atoms with Crippen molar-refractivity contribution in [3.05, 3.63) is 0 Å². The Kier molecular flexibility index (Phi) is 1.96. The van der Waals surface area contributed by atoms with Gasteiger partial charge in [-0.15, -0.1) is 0 Å². The minimum atomic E-state index is -0.244. The van der Waals surface area contributed by atoms with Crippen LogP contribution < -0.4 is 5.32 Å². The number of nitrogens with one attached hydrogen (secondary N) is 1. The molecule has 0 radical (unpaired) electrons. The topological polar surface area (TPSA) is 58.6 Å². The van der Waals surface area contributed by atoms with E-state index in [0.717, 1.165) is 19.4 Å². The molecule has 3 aliphatic carbocycles. The summed E-state index contributed by atoms with van der Waals surface area (Å²) in [6.07, 6.45) is 2.47. The second-order valence-electron chi connectivity index (χ2n) is 6.28. The van der Waals surface area contributed by atoms with Crippen LogP contribution in [0.15, 0.2) is 0 Å². The summed E-state index contributed by atoms with van der Waals surface area (Å²) in [5, 5.41) is 13.1. The largest absolute Gasteiger partial charge is 0.390 e. The van der Waals surface area contributed by atoms with Gasteiger partial charge in [0.25, 0.3) is 0 Å². The molecule has 0 aromatic rings. The molecule has 8 atom stereocenters. The third kappa shape index (κ3) is 1.18. The monoisotopic (exact) mass is 237 g/mol. The molecule has 2 bridgehead atoms. The Morgan fingerprint density at radius 1 is 1.35 bits per heavy atom. The lowest BCUT2D eigenvalue weighted by molar-refractivity contribution is -0.119. The highest BCUT2D eigenvalue weighted by Crippen LogP contribution is 2.66. The molecule has 94 valence electrons. The summed E-state index contributed by atoms with van der Waals surface area (Å²) >= 11 is 0. The fourth-order valence-electron chi connectivity index (χ4n) is 5.24. The molecular weight excluding hydrogens is 218 g/mol. The van der Waals surface area contributed by atoms with Crippen LogP contribution >= 0.6 is 0 Å². The average molecular weight is 237 g/mol. The van der Waals surface area contributed by atoms with E-state index >= 15 is 0 Å². The van der Waals surface area contributed by atoms with E-state index in [1.807, 2.05) is 0 Å². The van der Waals surface area contributed by atoms with Crippen LogP contribution in [0, 0.1) is 29.6 Å². The van der Waals surface area contributed by atoms with Crippen LogP contribution in [0.1, 0.15) is 19.8 Å². The van der Waals surface area contributed by atoms with Crippen molar-refractivity contribution < 1.29 is 14.6 Å². The molecule has 0 unspecified atom stereocenters. The van der Waals surface area contributed by atoms with Crippen molar-refractivity contribution in [2.45, 2.75) is 38.1 Å².